The van der Waals surface area contributed by atoms with Gasteiger partial charge in [0.15, 0.2) is 0 Å². The highest BCUT2D eigenvalue weighted by atomic mass is 16.2. The maximum absolute atomic E-state index is 12.7. The van der Waals surface area contributed by atoms with Gasteiger partial charge in [-0.15, -0.1) is 0 Å². The largest absolute Gasteiger partial charge is 0.342 e. The Balaban J connectivity index is 1.64. The van der Waals surface area contributed by atoms with E-state index in [2.05, 4.69) is 9.97 Å². The van der Waals surface area contributed by atoms with Gasteiger partial charge >= 0.3 is 0 Å². The standard InChI is InChI=1S/C16H22N6O3/c1-13(24)20-8-10-21(11-9-20)15(25)14-2-3-17-16(18-14)22-6-4-19(12-23)5-7-22/h2-3,12H,4-11H2,1H3. The normalized spacial score (nSPS) is 18.3. The van der Waals surface area contributed by atoms with Gasteiger partial charge < -0.3 is 19.6 Å². The molecule has 9 heteroatoms. The van der Waals surface area contributed by atoms with E-state index in [1.807, 2.05) is 4.90 Å². The lowest BCUT2D eigenvalue weighted by Crippen LogP contribution is -2.50. The monoisotopic (exact) mass is 346 g/mol. The molecule has 2 aliphatic heterocycles. The number of rotatable bonds is 3. The van der Waals surface area contributed by atoms with Crippen LogP contribution in [0.5, 0.6) is 0 Å². The maximum Gasteiger partial charge on any atom is 0.272 e. The first-order valence-corrected chi connectivity index (χ1v) is 8.40. The minimum atomic E-state index is -0.140. The average Bonchev–Trinajstić information content (AvgIpc) is 2.67. The van der Waals surface area contributed by atoms with Crippen LogP contribution in [-0.2, 0) is 9.59 Å². The summed E-state index contributed by atoms with van der Waals surface area (Å²) >= 11 is 0. The molecule has 0 aliphatic carbocycles. The van der Waals surface area contributed by atoms with E-state index in [1.54, 1.807) is 33.9 Å². The third-order valence-corrected chi connectivity index (χ3v) is 4.62. The summed E-state index contributed by atoms with van der Waals surface area (Å²) in [5.41, 5.74) is 0.360. The van der Waals surface area contributed by atoms with E-state index in [1.165, 1.54) is 0 Å². The number of anilines is 1. The second-order valence-electron chi connectivity index (χ2n) is 6.17. The zero-order valence-electron chi connectivity index (χ0n) is 14.3. The smallest absolute Gasteiger partial charge is 0.272 e. The molecule has 0 saturated carbocycles. The molecule has 0 unspecified atom stereocenters. The molecule has 0 aromatic carbocycles. The van der Waals surface area contributed by atoms with Gasteiger partial charge in [0, 0.05) is 65.5 Å². The molecule has 3 amide bonds. The van der Waals surface area contributed by atoms with Crippen LogP contribution in [0.15, 0.2) is 12.3 Å². The molecule has 134 valence electrons. The summed E-state index contributed by atoms with van der Waals surface area (Å²) in [7, 11) is 0. The first kappa shape index (κ1) is 17.1. The molecule has 3 heterocycles. The first-order valence-electron chi connectivity index (χ1n) is 8.40. The first-order chi connectivity index (χ1) is 12.1. The van der Waals surface area contributed by atoms with Gasteiger partial charge in [0.1, 0.15) is 5.69 Å². The zero-order valence-corrected chi connectivity index (χ0v) is 14.3. The number of aromatic nitrogens is 2. The number of hydrogen-bond donors (Lipinski definition) is 0. The van der Waals surface area contributed by atoms with Gasteiger partial charge in [0.05, 0.1) is 0 Å². The Bertz CT molecular complexity index is 651. The molecule has 0 spiro atoms. The Morgan fingerprint density at radius 2 is 1.64 bits per heavy atom. The molecule has 0 radical (unpaired) electrons. The molecular formula is C16H22N6O3. The minimum absolute atomic E-state index is 0.0332. The number of carbonyl (C=O) groups excluding carboxylic acids is 3. The van der Waals surface area contributed by atoms with Crippen LogP contribution in [0.2, 0.25) is 0 Å². The Labute approximate surface area is 146 Å². The number of carbonyl (C=O) groups is 3. The average molecular weight is 346 g/mol. The maximum atomic E-state index is 12.7. The van der Waals surface area contributed by atoms with Gasteiger partial charge in [-0.2, -0.15) is 0 Å². The van der Waals surface area contributed by atoms with E-state index in [0.29, 0.717) is 64.0 Å². The van der Waals surface area contributed by atoms with Crippen molar-refractivity contribution in [3.05, 3.63) is 18.0 Å². The van der Waals surface area contributed by atoms with E-state index < -0.39 is 0 Å². The number of nitrogens with zero attached hydrogens (tertiary/aromatic N) is 6. The highest BCUT2D eigenvalue weighted by Gasteiger charge is 2.25. The molecule has 25 heavy (non-hydrogen) atoms. The van der Waals surface area contributed by atoms with Crippen LogP contribution < -0.4 is 4.90 Å². The molecule has 1 aromatic rings. The van der Waals surface area contributed by atoms with Crippen LogP contribution >= 0.6 is 0 Å². The summed E-state index contributed by atoms with van der Waals surface area (Å²) in [5.74, 6) is 0.406. The van der Waals surface area contributed by atoms with Crippen molar-refractivity contribution < 1.29 is 14.4 Å². The van der Waals surface area contributed by atoms with Crippen LogP contribution in [0, 0.1) is 0 Å². The lowest BCUT2D eigenvalue weighted by molar-refractivity contribution is -0.130. The van der Waals surface area contributed by atoms with Crippen molar-refractivity contribution in [1.29, 1.82) is 0 Å². The van der Waals surface area contributed by atoms with E-state index in [9.17, 15) is 14.4 Å². The summed E-state index contributed by atoms with van der Waals surface area (Å²) in [6.07, 6.45) is 2.44. The predicted molar refractivity (Wildman–Crippen MR) is 90.0 cm³/mol. The molecule has 3 rings (SSSR count). The summed E-state index contributed by atoms with van der Waals surface area (Å²) in [6, 6.07) is 1.62. The molecule has 2 aliphatic rings. The molecule has 0 atom stereocenters. The van der Waals surface area contributed by atoms with Gasteiger partial charge in [-0.1, -0.05) is 0 Å². The van der Waals surface area contributed by atoms with Crippen molar-refractivity contribution in [2.45, 2.75) is 6.92 Å². The third-order valence-electron chi connectivity index (χ3n) is 4.62. The molecule has 0 N–H and O–H groups in total. The van der Waals surface area contributed by atoms with Crippen LogP contribution in [0.1, 0.15) is 17.4 Å². The lowest BCUT2D eigenvalue weighted by atomic mass is 10.2. The summed E-state index contributed by atoms with van der Waals surface area (Å²) in [6.45, 7) is 6.20. The van der Waals surface area contributed by atoms with Crippen LogP contribution in [0.3, 0.4) is 0 Å². The fraction of sp³-hybridized carbons (Fsp3) is 0.562. The SMILES string of the molecule is CC(=O)N1CCN(C(=O)c2ccnc(N3CCN(C=O)CC3)n2)CC1. The van der Waals surface area contributed by atoms with Gasteiger partial charge in [0.2, 0.25) is 18.3 Å². The molecule has 0 bridgehead atoms. The van der Waals surface area contributed by atoms with Gasteiger partial charge in [-0.3, -0.25) is 14.4 Å². The lowest BCUT2D eigenvalue weighted by Gasteiger charge is -2.34. The van der Waals surface area contributed by atoms with Crippen LogP contribution in [0.25, 0.3) is 0 Å². The molecule has 2 saturated heterocycles. The molecule has 9 nitrogen and oxygen atoms in total. The fourth-order valence-electron chi connectivity index (χ4n) is 3.03. The molecular weight excluding hydrogens is 324 g/mol. The third kappa shape index (κ3) is 3.86. The number of piperazine rings is 2. The van der Waals surface area contributed by atoms with Crippen molar-refractivity contribution in [2.24, 2.45) is 0 Å². The van der Waals surface area contributed by atoms with Gasteiger partial charge in [-0.25, -0.2) is 9.97 Å². The summed E-state index contributed by atoms with van der Waals surface area (Å²) in [4.78, 5) is 50.7. The van der Waals surface area contributed by atoms with E-state index >= 15 is 0 Å². The van der Waals surface area contributed by atoms with E-state index in [4.69, 9.17) is 0 Å². The van der Waals surface area contributed by atoms with Crippen molar-refractivity contribution in [3.8, 4) is 0 Å². The van der Waals surface area contributed by atoms with Crippen LogP contribution in [-0.4, -0.2) is 95.3 Å². The van der Waals surface area contributed by atoms with Crippen molar-refractivity contribution in [1.82, 2.24) is 24.7 Å². The second kappa shape index (κ2) is 7.45. The summed E-state index contributed by atoms with van der Waals surface area (Å²) < 4.78 is 0. The van der Waals surface area contributed by atoms with E-state index in [-0.39, 0.29) is 11.8 Å². The summed E-state index contributed by atoms with van der Waals surface area (Å²) in [5, 5.41) is 0. The fourth-order valence-corrected chi connectivity index (χ4v) is 3.03. The number of hydrogen-bond acceptors (Lipinski definition) is 6. The molecule has 2 fully saturated rings. The zero-order chi connectivity index (χ0) is 17.8. The minimum Gasteiger partial charge on any atom is -0.342 e. The van der Waals surface area contributed by atoms with Crippen molar-refractivity contribution >= 4 is 24.2 Å². The van der Waals surface area contributed by atoms with Gasteiger partial charge in [0.25, 0.3) is 5.91 Å². The Morgan fingerprint density at radius 3 is 2.24 bits per heavy atom. The Kier molecular flexibility index (Phi) is 5.11. The van der Waals surface area contributed by atoms with Crippen LogP contribution in [0.4, 0.5) is 5.95 Å². The van der Waals surface area contributed by atoms with Crippen molar-refractivity contribution in [2.75, 3.05) is 57.3 Å². The predicted octanol–water partition coefficient (Wildman–Crippen LogP) is -0.941. The van der Waals surface area contributed by atoms with Gasteiger partial charge in [-0.05, 0) is 6.07 Å². The highest BCUT2D eigenvalue weighted by Crippen LogP contribution is 2.13. The molecule has 1 aromatic heterocycles. The van der Waals surface area contributed by atoms with Crippen molar-refractivity contribution in [3.63, 3.8) is 0 Å². The van der Waals surface area contributed by atoms with E-state index in [0.717, 1.165) is 6.41 Å². The Hall–Kier alpha value is -2.71. The Morgan fingerprint density at radius 1 is 1.00 bits per heavy atom. The second-order valence-corrected chi connectivity index (χ2v) is 6.17. The topological polar surface area (TPSA) is 90.0 Å². The quantitative estimate of drug-likeness (QED) is 0.656. The number of amides is 3. The highest BCUT2D eigenvalue weighted by molar-refractivity contribution is 5.92.